The highest BCUT2D eigenvalue weighted by molar-refractivity contribution is 7.89. The van der Waals surface area contributed by atoms with Crippen LogP contribution in [0, 0.1) is 6.07 Å². The maximum absolute atomic E-state index is 12.5. The van der Waals surface area contributed by atoms with E-state index in [4.69, 9.17) is 11.6 Å². The highest BCUT2D eigenvalue weighted by Crippen LogP contribution is 2.18. The summed E-state index contributed by atoms with van der Waals surface area (Å²) < 4.78 is 26.4. The van der Waals surface area contributed by atoms with Crippen molar-refractivity contribution in [2.24, 2.45) is 0 Å². The molecule has 0 saturated heterocycles. The number of nitrogens with zero attached hydrogens (tertiary/aromatic N) is 1. The number of rotatable bonds is 19. The lowest BCUT2D eigenvalue weighted by Gasteiger charge is -2.17. The number of benzene rings is 1. The van der Waals surface area contributed by atoms with Gasteiger partial charge in [-0.3, -0.25) is 0 Å². The zero-order valence-electron chi connectivity index (χ0n) is 19.3. The van der Waals surface area contributed by atoms with Crippen molar-refractivity contribution < 1.29 is 8.42 Å². The standard InChI is InChI=1S/C25H43ClNO2S/c1-3-4-5-6-7-8-9-10-11-12-13-14-15-16-17-18-23-27(2)30(28,29)25-21-19-24(26)20-22-25/h19,21-22H,3-18,23H2,1-2H3. The van der Waals surface area contributed by atoms with E-state index in [0.29, 0.717) is 11.6 Å². The fourth-order valence-electron chi connectivity index (χ4n) is 3.73. The second-order valence-electron chi connectivity index (χ2n) is 8.50. The molecule has 5 heteroatoms. The number of halogens is 1. The third kappa shape index (κ3) is 12.3. The molecule has 30 heavy (non-hydrogen) atoms. The van der Waals surface area contributed by atoms with Crippen molar-refractivity contribution >= 4 is 21.6 Å². The minimum Gasteiger partial charge on any atom is -0.207 e. The summed E-state index contributed by atoms with van der Waals surface area (Å²) in [5.41, 5.74) is 0. The van der Waals surface area contributed by atoms with Crippen LogP contribution in [0.5, 0.6) is 0 Å². The zero-order chi connectivity index (χ0) is 22.1. The van der Waals surface area contributed by atoms with Crippen LogP contribution < -0.4 is 0 Å². The fraction of sp³-hybridized carbons (Fsp3) is 0.760. The lowest BCUT2D eigenvalue weighted by atomic mass is 10.0. The Morgan fingerprint density at radius 2 is 1.20 bits per heavy atom. The van der Waals surface area contributed by atoms with Crippen molar-refractivity contribution in [1.82, 2.24) is 4.31 Å². The Balaban J connectivity index is 1.94. The molecule has 0 amide bonds. The summed E-state index contributed by atoms with van der Waals surface area (Å²) in [6.45, 7) is 2.83. The maximum atomic E-state index is 12.5. The van der Waals surface area contributed by atoms with E-state index in [2.05, 4.69) is 13.0 Å². The van der Waals surface area contributed by atoms with E-state index in [0.717, 1.165) is 12.8 Å². The van der Waals surface area contributed by atoms with E-state index in [1.807, 2.05) is 0 Å². The maximum Gasteiger partial charge on any atom is 0.242 e. The van der Waals surface area contributed by atoms with Crippen molar-refractivity contribution in [2.45, 2.75) is 115 Å². The smallest absolute Gasteiger partial charge is 0.207 e. The Hall–Kier alpha value is -0.580. The van der Waals surface area contributed by atoms with Gasteiger partial charge in [0.25, 0.3) is 0 Å². The summed E-state index contributed by atoms with van der Waals surface area (Å²) in [6.07, 6.45) is 21.1. The van der Waals surface area contributed by atoms with Gasteiger partial charge in [0.1, 0.15) is 0 Å². The van der Waals surface area contributed by atoms with Gasteiger partial charge in [0, 0.05) is 24.7 Å². The van der Waals surface area contributed by atoms with E-state index < -0.39 is 10.0 Å². The van der Waals surface area contributed by atoms with Crippen LogP contribution in [0.15, 0.2) is 23.1 Å². The van der Waals surface area contributed by atoms with Gasteiger partial charge in [-0.25, -0.2) is 12.7 Å². The Bertz CT molecular complexity index is 631. The molecule has 0 atom stereocenters. The minimum atomic E-state index is -3.43. The predicted molar refractivity (Wildman–Crippen MR) is 130 cm³/mol. The first-order chi connectivity index (χ1) is 14.5. The van der Waals surface area contributed by atoms with Gasteiger partial charge in [0.05, 0.1) is 4.90 Å². The van der Waals surface area contributed by atoms with E-state index in [1.165, 1.54) is 106 Å². The SMILES string of the molecule is CCCCCCCCCCCCCCCCCCN(C)S(=O)(=O)c1c[c]c(Cl)cc1. The Morgan fingerprint density at radius 1 is 0.767 bits per heavy atom. The average Bonchev–Trinajstić information content (AvgIpc) is 2.73. The molecular formula is C25H43ClNO2S. The van der Waals surface area contributed by atoms with E-state index in [-0.39, 0.29) is 4.90 Å². The second kappa shape index (κ2) is 17.0. The van der Waals surface area contributed by atoms with Crippen LogP contribution in [0.25, 0.3) is 0 Å². The molecule has 0 aromatic heterocycles. The molecule has 1 aromatic rings. The molecular weight excluding hydrogens is 414 g/mol. The summed E-state index contributed by atoms with van der Waals surface area (Å²) in [7, 11) is -1.79. The van der Waals surface area contributed by atoms with Gasteiger partial charge < -0.3 is 0 Å². The molecule has 0 heterocycles. The molecule has 0 fully saturated rings. The Labute approximate surface area is 191 Å². The second-order valence-corrected chi connectivity index (χ2v) is 11.0. The van der Waals surface area contributed by atoms with Crippen LogP contribution in [-0.2, 0) is 10.0 Å². The quantitative estimate of drug-likeness (QED) is 0.197. The first-order valence-corrected chi connectivity index (χ1v) is 13.9. The molecule has 173 valence electrons. The van der Waals surface area contributed by atoms with Gasteiger partial charge in [-0.15, -0.1) is 0 Å². The molecule has 0 bridgehead atoms. The lowest BCUT2D eigenvalue weighted by Crippen LogP contribution is -2.27. The summed E-state index contributed by atoms with van der Waals surface area (Å²) in [5.74, 6) is 0. The van der Waals surface area contributed by atoms with Crippen LogP contribution in [0.3, 0.4) is 0 Å². The molecule has 0 N–H and O–H groups in total. The molecule has 0 aliphatic carbocycles. The van der Waals surface area contributed by atoms with Gasteiger partial charge in [0.15, 0.2) is 0 Å². The molecule has 1 rings (SSSR count). The number of sulfonamides is 1. The van der Waals surface area contributed by atoms with Gasteiger partial charge >= 0.3 is 0 Å². The first-order valence-electron chi connectivity index (χ1n) is 12.1. The Kier molecular flexibility index (Phi) is 15.6. The molecule has 0 spiro atoms. The Morgan fingerprint density at radius 3 is 1.60 bits per heavy atom. The molecule has 1 aromatic carbocycles. The molecule has 0 unspecified atom stereocenters. The van der Waals surface area contributed by atoms with E-state index in [9.17, 15) is 8.42 Å². The molecule has 0 aliphatic rings. The number of hydrogen-bond donors (Lipinski definition) is 0. The van der Waals surface area contributed by atoms with E-state index in [1.54, 1.807) is 13.1 Å². The monoisotopic (exact) mass is 456 g/mol. The van der Waals surface area contributed by atoms with Crippen molar-refractivity contribution in [3.05, 3.63) is 29.3 Å². The van der Waals surface area contributed by atoms with Crippen LogP contribution in [0.1, 0.15) is 110 Å². The van der Waals surface area contributed by atoms with Crippen LogP contribution in [0.2, 0.25) is 5.02 Å². The summed E-state index contributed by atoms with van der Waals surface area (Å²) in [5, 5.41) is 0.425. The summed E-state index contributed by atoms with van der Waals surface area (Å²) in [6, 6.07) is 7.30. The third-order valence-electron chi connectivity index (χ3n) is 5.78. The lowest BCUT2D eigenvalue weighted by molar-refractivity contribution is 0.447. The van der Waals surface area contributed by atoms with Crippen molar-refractivity contribution in [2.75, 3.05) is 13.6 Å². The van der Waals surface area contributed by atoms with Crippen molar-refractivity contribution in [3.8, 4) is 0 Å². The molecule has 0 saturated carbocycles. The van der Waals surface area contributed by atoms with Gasteiger partial charge in [0.2, 0.25) is 10.0 Å². The summed E-state index contributed by atoms with van der Waals surface area (Å²) in [4.78, 5) is 0.255. The number of hydrogen-bond acceptors (Lipinski definition) is 2. The summed E-state index contributed by atoms with van der Waals surface area (Å²) >= 11 is 5.79. The topological polar surface area (TPSA) is 37.4 Å². The first kappa shape index (κ1) is 27.5. The zero-order valence-corrected chi connectivity index (χ0v) is 20.9. The van der Waals surface area contributed by atoms with Gasteiger partial charge in [-0.2, -0.15) is 0 Å². The van der Waals surface area contributed by atoms with Crippen LogP contribution in [-0.4, -0.2) is 26.3 Å². The van der Waals surface area contributed by atoms with Crippen LogP contribution >= 0.6 is 11.6 Å². The van der Waals surface area contributed by atoms with E-state index >= 15 is 0 Å². The van der Waals surface area contributed by atoms with Gasteiger partial charge in [-0.1, -0.05) is 115 Å². The average molecular weight is 457 g/mol. The largest absolute Gasteiger partial charge is 0.242 e. The molecule has 3 nitrogen and oxygen atoms in total. The van der Waals surface area contributed by atoms with Gasteiger partial charge in [-0.05, 0) is 24.6 Å². The molecule has 1 radical (unpaired) electrons. The predicted octanol–water partition coefficient (Wildman–Crippen LogP) is 8.02. The minimum absolute atomic E-state index is 0.255. The normalized spacial score (nSPS) is 12.0. The van der Waals surface area contributed by atoms with Crippen molar-refractivity contribution in [1.29, 1.82) is 0 Å². The highest BCUT2D eigenvalue weighted by Gasteiger charge is 2.19. The van der Waals surface area contributed by atoms with Crippen molar-refractivity contribution in [3.63, 3.8) is 0 Å². The highest BCUT2D eigenvalue weighted by atomic mass is 35.5. The third-order valence-corrected chi connectivity index (χ3v) is 7.87. The number of unbranched alkanes of at least 4 members (excludes halogenated alkanes) is 15. The van der Waals surface area contributed by atoms with Crippen LogP contribution in [0.4, 0.5) is 0 Å². The molecule has 0 aliphatic heterocycles. The fourth-order valence-corrected chi connectivity index (χ4v) is 5.03.